The van der Waals surface area contributed by atoms with E-state index in [0.29, 0.717) is 11.2 Å². The number of pyridine rings is 1. The molecular formula is C23H17F2N3. The Morgan fingerprint density at radius 2 is 1.46 bits per heavy atom. The van der Waals surface area contributed by atoms with Gasteiger partial charge in [0.2, 0.25) is 0 Å². The number of hydrogen-bond acceptors (Lipinski definition) is 2. The second-order valence-electron chi connectivity index (χ2n) is 6.85. The van der Waals surface area contributed by atoms with E-state index < -0.39 is 0 Å². The van der Waals surface area contributed by atoms with Gasteiger partial charge in [-0.15, -0.1) is 0 Å². The summed E-state index contributed by atoms with van der Waals surface area (Å²) in [6, 6.07) is 16.2. The van der Waals surface area contributed by atoms with Crippen molar-refractivity contribution in [1.29, 1.82) is 5.26 Å². The van der Waals surface area contributed by atoms with E-state index in [4.69, 9.17) is 0 Å². The van der Waals surface area contributed by atoms with Crippen LogP contribution < -0.4 is 0 Å². The van der Waals surface area contributed by atoms with Gasteiger partial charge in [0.05, 0.1) is 11.6 Å². The number of hydrogen-bond donors (Lipinski definition) is 0. The normalized spacial score (nSPS) is 11.1. The molecule has 3 nitrogen and oxygen atoms in total. The standard InChI is InChI=1S/C23H17F2N3/c1-14-11-15(2)27-23-21(14)18(12-26)13-28(23)22(16-3-7-19(24)8-4-16)17-5-9-20(25)10-6-17/h3-11,13,22H,1-2H3. The number of nitriles is 1. The molecule has 0 N–H and O–H groups in total. The van der Waals surface area contributed by atoms with Crippen LogP contribution in [0.3, 0.4) is 0 Å². The van der Waals surface area contributed by atoms with Gasteiger partial charge < -0.3 is 4.57 Å². The van der Waals surface area contributed by atoms with Crippen molar-refractivity contribution in [3.8, 4) is 6.07 Å². The molecule has 0 fully saturated rings. The Bertz CT molecular complexity index is 1150. The Labute approximate surface area is 161 Å². The van der Waals surface area contributed by atoms with E-state index in [0.717, 1.165) is 27.8 Å². The molecule has 5 heteroatoms. The first-order valence-electron chi connectivity index (χ1n) is 8.87. The van der Waals surface area contributed by atoms with Gasteiger partial charge in [0.1, 0.15) is 23.4 Å². The minimum Gasteiger partial charge on any atom is -0.319 e. The molecule has 0 aliphatic rings. The fourth-order valence-corrected chi connectivity index (χ4v) is 3.69. The molecule has 0 aliphatic carbocycles. The third kappa shape index (κ3) is 3.03. The van der Waals surface area contributed by atoms with Gasteiger partial charge in [0.25, 0.3) is 0 Å². The Morgan fingerprint density at radius 1 is 0.929 bits per heavy atom. The minimum absolute atomic E-state index is 0.332. The summed E-state index contributed by atoms with van der Waals surface area (Å²) in [6.07, 6.45) is 1.77. The summed E-state index contributed by atoms with van der Waals surface area (Å²) in [6.45, 7) is 3.85. The maximum Gasteiger partial charge on any atom is 0.142 e. The summed E-state index contributed by atoms with van der Waals surface area (Å²) in [7, 11) is 0. The summed E-state index contributed by atoms with van der Waals surface area (Å²) >= 11 is 0. The Morgan fingerprint density at radius 3 is 1.96 bits per heavy atom. The molecule has 0 atom stereocenters. The van der Waals surface area contributed by atoms with Crippen LogP contribution in [0.2, 0.25) is 0 Å². The third-order valence-corrected chi connectivity index (χ3v) is 4.88. The third-order valence-electron chi connectivity index (χ3n) is 4.88. The fourth-order valence-electron chi connectivity index (χ4n) is 3.69. The number of fused-ring (bicyclic) bond motifs is 1. The number of halogens is 2. The van der Waals surface area contributed by atoms with E-state index in [9.17, 15) is 14.0 Å². The SMILES string of the molecule is Cc1cc(C)c2c(C#N)cn(C(c3ccc(F)cc3)c3ccc(F)cc3)c2n1. The predicted molar refractivity (Wildman–Crippen MR) is 104 cm³/mol. The highest BCUT2D eigenvalue weighted by Gasteiger charge is 2.22. The zero-order valence-corrected chi connectivity index (χ0v) is 15.4. The summed E-state index contributed by atoms with van der Waals surface area (Å²) in [5, 5.41) is 10.4. The minimum atomic E-state index is -0.375. The summed E-state index contributed by atoms with van der Waals surface area (Å²) in [5.74, 6) is -0.664. The van der Waals surface area contributed by atoms with Crippen LogP contribution in [0.4, 0.5) is 8.78 Å². The van der Waals surface area contributed by atoms with Crippen LogP contribution in [-0.4, -0.2) is 9.55 Å². The number of benzene rings is 2. The first kappa shape index (κ1) is 17.9. The van der Waals surface area contributed by atoms with E-state index >= 15 is 0 Å². The van der Waals surface area contributed by atoms with E-state index in [1.165, 1.54) is 24.3 Å². The molecule has 0 saturated heterocycles. The summed E-state index contributed by atoms with van der Waals surface area (Å²) in [4.78, 5) is 4.68. The van der Waals surface area contributed by atoms with Gasteiger partial charge >= 0.3 is 0 Å². The molecule has 4 rings (SSSR count). The fraction of sp³-hybridized carbons (Fsp3) is 0.130. The molecule has 2 aromatic carbocycles. The molecule has 2 aromatic heterocycles. The molecule has 0 amide bonds. The van der Waals surface area contributed by atoms with Crippen molar-refractivity contribution in [2.24, 2.45) is 0 Å². The second-order valence-corrected chi connectivity index (χ2v) is 6.85. The average molecular weight is 373 g/mol. The van der Waals surface area contributed by atoms with Gasteiger partial charge in [-0.2, -0.15) is 5.26 Å². The zero-order chi connectivity index (χ0) is 19.8. The van der Waals surface area contributed by atoms with Crippen molar-refractivity contribution < 1.29 is 8.78 Å². The highest BCUT2D eigenvalue weighted by atomic mass is 19.1. The summed E-state index contributed by atoms with van der Waals surface area (Å²) < 4.78 is 28.9. The average Bonchev–Trinajstić information content (AvgIpc) is 3.03. The van der Waals surface area contributed by atoms with E-state index in [1.54, 1.807) is 30.5 Å². The molecule has 2 heterocycles. The molecule has 138 valence electrons. The largest absolute Gasteiger partial charge is 0.319 e. The number of nitrogens with zero attached hydrogens (tertiary/aromatic N) is 3. The van der Waals surface area contributed by atoms with Crippen molar-refractivity contribution >= 4 is 11.0 Å². The lowest BCUT2D eigenvalue weighted by Crippen LogP contribution is -2.12. The molecule has 0 radical (unpaired) electrons. The van der Waals surface area contributed by atoms with Crippen LogP contribution >= 0.6 is 0 Å². The van der Waals surface area contributed by atoms with Crippen molar-refractivity contribution in [3.05, 3.63) is 100 Å². The van der Waals surface area contributed by atoms with Gasteiger partial charge in [-0.05, 0) is 60.9 Å². The highest BCUT2D eigenvalue weighted by Crippen LogP contribution is 2.33. The van der Waals surface area contributed by atoms with E-state index in [1.807, 2.05) is 24.5 Å². The Balaban J connectivity index is 2.03. The molecule has 0 bridgehead atoms. The number of rotatable bonds is 3. The Hall–Kier alpha value is -3.52. The van der Waals surface area contributed by atoms with Crippen molar-refractivity contribution in [1.82, 2.24) is 9.55 Å². The summed E-state index contributed by atoms with van der Waals surface area (Å²) in [5.41, 5.74) is 4.63. The monoisotopic (exact) mass is 373 g/mol. The van der Waals surface area contributed by atoms with Crippen molar-refractivity contribution in [3.63, 3.8) is 0 Å². The first-order chi connectivity index (χ1) is 13.5. The topological polar surface area (TPSA) is 41.6 Å². The molecule has 0 saturated carbocycles. The van der Waals surface area contributed by atoms with Gasteiger partial charge in [-0.25, -0.2) is 13.8 Å². The zero-order valence-electron chi connectivity index (χ0n) is 15.4. The predicted octanol–water partition coefficient (Wildman–Crippen LogP) is 5.44. The van der Waals surface area contributed by atoms with Crippen molar-refractivity contribution in [2.75, 3.05) is 0 Å². The number of aryl methyl sites for hydroxylation is 2. The van der Waals surface area contributed by atoms with Crippen LogP contribution in [0.5, 0.6) is 0 Å². The van der Waals surface area contributed by atoms with Crippen LogP contribution in [0.15, 0.2) is 60.8 Å². The molecule has 28 heavy (non-hydrogen) atoms. The lowest BCUT2D eigenvalue weighted by atomic mass is 9.98. The smallest absolute Gasteiger partial charge is 0.142 e. The lowest BCUT2D eigenvalue weighted by molar-refractivity contribution is 0.620. The maximum atomic E-state index is 13.5. The second kappa shape index (κ2) is 6.90. The molecule has 0 spiro atoms. The molecule has 0 unspecified atom stereocenters. The first-order valence-corrected chi connectivity index (χ1v) is 8.87. The van der Waals surface area contributed by atoms with Crippen LogP contribution in [0.1, 0.15) is 34.0 Å². The maximum absolute atomic E-state index is 13.5. The molecular weight excluding hydrogens is 356 g/mol. The lowest BCUT2D eigenvalue weighted by Gasteiger charge is -2.21. The van der Waals surface area contributed by atoms with E-state index in [2.05, 4.69) is 11.1 Å². The highest BCUT2D eigenvalue weighted by molar-refractivity contribution is 5.87. The van der Waals surface area contributed by atoms with Crippen LogP contribution in [-0.2, 0) is 0 Å². The van der Waals surface area contributed by atoms with Gasteiger partial charge in [0, 0.05) is 17.3 Å². The van der Waals surface area contributed by atoms with Crippen molar-refractivity contribution in [2.45, 2.75) is 19.9 Å². The number of aromatic nitrogens is 2. The molecule has 0 aliphatic heterocycles. The van der Waals surface area contributed by atoms with E-state index in [-0.39, 0.29) is 17.7 Å². The quantitative estimate of drug-likeness (QED) is 0.480. The van der Waals surface area contributed by atoms with Gasteiger partial charge in [-0.1, -0.05) is 24.3 Å². The van der Waals surface area contributed by atoms with Gasteiger partial charge in [0.15, 0.2) is 0 Å². The van der Waals surface area contributed by atoms with Crippen LogP contribution in [0, 0.1) is 36.8 Å². The van der Waals surface area contributed by atoms with Crippen LogP contribution in [0.25, 0.3) is 11.0 Å². The molecule has 4 aromatic rings. The Kier molecular flexibility index (Phi) is 4.40. The van der Waals surface area contributed by atoms with Gasteiger partial charge in [-0.3, -0.25) is 0 Å².